The molecule has 3 aliphatic rings. The maximum atomic E-state index is 13.5. The lowest BCUT2D eigenvalue weighted by atomic mass is 10.0. The van der Waals surface area contributed by atoms with Gasteiger partial charge in [-0.25, -0.2) is 13.1 Å². The number of rotatable bonds is 5. The van der Waals surface area contributed by atoms with Crippen molar-refractivity contribution in [1.29, 1.82) is 0 Å². The third-order valence-electron chi connectivity index (χ3n) is 7.29. The summed E-state index contributed by atoms with van der Waals surface area (Å²) in [6.07, 6.45) is 2.03. The summed E-state index contributed by atoms with van der Waals surface area (Å²) in [4.78, 5) is 15.5. The molecule has 1 N–H and O–H groups in total. The quantitative estimate of drug-likeness (QED) is 0.549. The average molecular weight is 523 g/mol. The normalized spacial score (nSPS) is 19.3. The summed E-state index contributed by atoms with van der Waals surface area (Å²) in [7, 11) is -3.60. The molecule has 9 nitrogen and oxygen atoms in total. The van der Waals surface area contributed by atoms with Crippen molar-refractivity contribution >= 4 is 15.7 Å². The average Bonchev–Trinajstić information content (AvgIpc) is 3.31. The molecule has 4 heterocycles. The van der Waals surface area contributed by atoms with E-state index in [-0.39, 0.29) is 22.2 Å². The van der Waals surface area contributed by atoms with E-state index < -0.39 is 9.84 Å². The maximum absolute atomic E-state index is 13.5. The van der Waals surface area contributed by atoms with E-state index in [1.807, 2.05) is 30.3 Å². The fourth-order valence-electron chi connectivity index (χ4n) is 5.26. The molecular formula is C27H30N4O5S. The second-order valence-corrected chi connectivity index (χ2v) is 11.6. The number of sulfone groups is 1. The summed E-state index contributed by atoms with van der Waals surface area (Å²) in [6, 6.07) is 15.5. The smallest absolute Gasteiger partial charge is 0.274 e. The van der Waals surface area contributed by atoms with Crippen LogP contribution in [0.2, 0.25) is 0 Å². The van der Waals surface area contributed by atoms with Gasteiger partial charge in [0.05, 0.1) is 35.2 Å². The molecule has 0 bridgehead atoms. The van der Waals surface area contributed by atoms with Crippen LogP contribution in [0, 0.1) is 0 Å². The summed E-state index contributed by atoms with van der Waals surface area (Å²) in [5.41, 5.74) is 3.81. The van der Waals surface area contributed by atoms with Gasteiger partial charge in [0.1, 0.15) is 0 Å². The highest BCUT2D eigenvalue weighted by atomic mass is 32.2. The van der Waals surface area contributed by atoms with E-state index in [9.17, 15) is 13.2 Å². The Morgan fingerprint density at radius 2 is 1.68 bits per heavy atom. The van der Waals surface area contributed by atoms with Crippen LogP contribution >= 0.6 is 0 Å². The Hall–Kier alpha value is -3.05. The van der Waals surface area contributed by atoms with Gasteiger partial charge in [0.25, 0.3) is 5.91 Å². The molecule has 0 unspecified atom stereocenters. The van der Waals surface area contributed by atoms with Crippen molar-refractivity contribution in [2.24, 2.45) is 0 Å². The first kappa shape index (κ1) is 24.3. The Morgan fingerprint density at radius 3 is 2.43 bits per heavy atom. The van der Waals surface area contributed by atoms with E-state index in [0.29, 0.717) is 49.2 Å². The van der Waals surface area contributed by atoms with Crippen LogP contribution in [0.15, 0.2) is 53.4 Å². The van der Waals surface area contributed by atoms with E-state index in [1.54, 1.807) is 27.8 Å². The van der Waals surface area contributed by atoms with Crippen molar-refractivity contribution in [2.45, 2.75) is 36.1 Å². The van der Waals surface area contributed by atoms with Gasteiger partial charge in [-0.05, 0) is 36.6 Å². The molecule has 0 saturated carbocycles. The third kappa shape index (κ3) is 4.70. The van der Waals surface area contributed by atoms with Crippen molar-refractivity contribution in [3.05, 3.63) is 65.4 Å². The zero-order valence-corrected chi connectivity index (χ0v) is 21.4. The van der Waals surface area contributed by atoms with Gasteiger partial charge < -0.3 is 19.7 Å². The molecule has 3 aromatic rings. The first-order valence-electron chi connectivity index (χ1n) is 12.7. The number of nitrogens with one attached hydrogen (secondary N) is 1. The van der Waals surface area contributed by atoms with Crippen molar-refractivity contribution in [1.82, 2.24) is 20.0 Å². The maximum Gasteiger partial charge on any atom is 0.274 e. The number of hydrogen-bond donors (Lipinski definition) is 1. The Kier molecular flexibility index (Phi) is 6.58. The standard InChI is InChI=1S/C27H30N4O5S/c32-27(30-11-15-36-16-12-30)25-23-18-37(33,34)24-4-2-1-3-22(24)26(23)31(29-25)21-7-5-19(6-8-21)17-28-20-9-13-35-14-10-20/h1-8,20,28H,9-18H2. The highest BCUT2D eigenvalue weighted by Crippen LogP contribution is 2.40. The van der Waals surface area contributed by atoms with Crippen LogP contribution in [0.5, 0.6) is 0 Å². The molecule has 0 radical (unpaired) electrons. The van der Waals surface area contributed by atoms with Crippen LogP contribution in [0.4, 0.5) is 0 Å². The van der Waals surface area contributed by atoms with Crippen LogP contribution in [-0.2, 0) is 31.6 Å². The molecule has 10 heteroatoms. The lowest BCUT2D eigenvalue weighted by Crippen LogP contribution is -2.41. The molecular weight excluding hydrogens is 492 g/mol. The molecule has 2 fully saturated rings. The lowest BCUT2D eigenvalue weighted by molar-refractivity contribution is 0.0298. The monoisotopic (exact) mass is 522 g/mol. The predicted molar refractivity (Wildman–Crippen MR) is 137 cm³/mol. The highest BCUT2D eigenvalue weighted by molar-refractivity contribution is 7.90. The van der Waals surface area contributed by atoms with Crippen molar-refractivity contribution in [3.63, 3.8) is 0 Å². The van der Waals surface area contributed by atoms with Crippen molar-refractivity contribution in [3.8, 4) is 16.9 Å². The zero-order chi connectivity index (χ0) is 25.4. The van der Waals surface area contributed by atoms with Gasteiger partial charge in [0.15, 0.2) is 15.5 Å². The number of fused-ring (bicyclic) bond motifs is 3. The molecule has 37 heavy (non-hydrogen) atoms. The van der Waals surface area contributed by atoms with Crippen LogP contribution in [-0.4, -0.2) is 74.6 Å². The molecule has 1 aromatic heterocycles. The molecule has 2 saturated heterocycles. The van der Waals surface area contributed by atoms with Crippen molar-refractivity contribution < 1.29 is 22.7 Å². The van der Waals surface area contributed by atoms with E-state index >= 15 is 0 Å². The number of nitrogens with zero attached hydrogens (tertiary/aromatic N) is 3. The van der Waals surface area contributed by atoms with Crippen LogP contribution in [0.25, 0.3) is 16.9 Å². The molecule has 0 atom stereocenters. The Morgan fingerprint density at radius 1 is 0.973 bits per heavy atom. The molecule has 0 aliphatic carbocycles. The second-order valence-electron chi connectivity index (χ2n) is 9.68. The minimum atomic E-state index is -3.60. The Bertz CT molecular complexity index is 1410. The Labute approximate surface area is 216 Å². The summed E-state index contributed by atoms with van der Waals surface area (Å²) in [5.74, 6) is -0.511. The van der Waals surface area contributed by atoms with Gasteiger partial charge in [-0.3, -0.25) is 4.79 Å². The molecule has 6 rings (SSSR count). The van der Waals surface area contributed by atoms with Crippen molar-refractivity contribution in [2.75, 3.05) is 39.5 Å². The number of benzene rings is 2. The topological polar surface area (TPSA) is 103 Å². The minimum Gasteiger partial charge on any atom is -0.381 e. The number of aromatic nitrogens is 2. The first-order chi connectivity index (χ1) is 18.0. The van der Waals surface area contributed by atoms with Crippen LogP contribution in [0.1, 0.15) is 34.5 Å². The van der Waals surface area contributed by atoms with E-state index in [4.69, 9.17) is 14.6 Å². The van der Waals surface area contributed by atoms with Gasteiger partial charge in [0.2, 0.25) is 0 Å². The number of hydrogen-bond acceptors (Lipinski definition) is 7. The number of ether oxygens (including phenoxy) is 2. The second kappa shape index (κ2) is 10.0. The molecule has 1 amide bonds. The number of amides is 1. The SMILES string of the molecule is O=C(c1nn(-c2ccc(CNC3CCOCC3)cc2)c2c1CS(=O)(=O)c1ccccc1-2)N1CCOCC1. The Balaban J connectivity index is 1.37. The summed E-state index contributed by atoms with van der Waals surface area (Å²) in [5, 5.41) is 8.34. The summed E-state index contributed by atoms with van der Waals surface area (Å²) >= 11 is 0. The predicted octanol–water partition coefficient (Wildman–Crippen LogP) is 2.57. The molecule has 0 spiro atoms. The van der Waals surface area contributed by atoms with Crippen LogP contribution in [0.3, 0.4) is 0 Å². The first-order valence-corrected chi connectivity index (χ1v) is 14.4. The zero-order valence-electron chi connectivity index (χ0n) is 20.6. The van der Waals surface area contributed by atoms with Gasteiger partial charge >= 0.3 is 0 Å². The largest absolute Gasteiger partial charge is 0.381 e. The molecule has 2 aromatic carbocycles. The van der Waals surface area contributed by atoms with E-state index in [1.165, 1.54) is 0 Å². The summed E-state index contributed by atoms with van der Waals surface area (Å²) < 4.78 is 38.9. The molecule has 3 aliphatic heterocycles. The third-order valence-corrected chi connectivity index (χ3v) is 8.99. The fourth-order valence-corrected chi connectivity index (χ4v) is 6.85. The van der Waals surface area contributed by atoms with Gasteiger partial charge in [-0.1, -0.05) is 30.3 Å². The number of morpholine rings is 1. The number of carbonyl (C=O) groups is 1. The summed E-state index contributed by atoms with van der Waals surface area (Å²) in [6.45, 7) is 4.17. The van der Waals surface area contributed by atoms with E-state index in [2.05, 4.69) is 5.32 Å². The lowest BCUT2D eigenvalue weighted by Gasteiger charge is -2.26. The van der Waals surface area contributed by atoms with Gasteiger partial charge in [0, 0.05) is 50.0 Å². The van der Waals surface area contributed by atoms with Crippen LogP contribution < -0.4 is 5.32 Å². The molecule has 194 valence electrons. The minimum absolute atomic E-state index is 0.195. The van der Waals surface area contributed by atoms with E-state index in [0.717, 1.165) is 43.9 Å². The fraction of sp³-hybridized carbons (Fsp3) is 0.407. The number of carbonyl (C=O) groups excluding carboxylic acids is 1. The highest BCUT2D eigenvalue weighted by Gasteiger charge is 2.37. The van der Waals surface area contributed by atoms with Gasteiger partial charge in [-0.2, -0.15) is 5.10 Å². The van der Waals surface area contributed by atoms with Gasteiger partial charge in [-0.15, -0.1) is 0 Å².